The molecule has 102 valence electrons. The zero-order valence-corrected chi connectivity index (χ0v) is 12.1. The molecule has 19 heavy (non-hydrogen) atoms. The van der Waals surface area contributed by atoms with Gasteiger partial charge in [0.05, 0.1) is 17.6 Å². The van der Waals surface area contributed by atoms with Crippen molar-refractivity contribution >= 4 is 28.5 Å². The lowest BCUT2D eigenvalue weighted by Crippen LogP contribution is -2.33. The van der Waals surface area contributed by atoms with Crippen LogP contribution in [0.1, 0.15) is 25.7 Å². The third-order valence-corrected chi connectivity index (χ3v) is 3.52. The minimum absolute atomic E-state index is 0.0463. The van der Waals surface area contributed by atoms with E-state index in [-0.39, 0.29) is 17.8 Å². The summed E-state index contributed by atoms with van der Waals surface area (Å²) in [5.41, 5.74) is 1.65. The lowest BCUT2D eigenvalue weighted by atomic mass is 10.2. The van der Waals surface area contributed by atoms with Gasteiger partial charge in [0.25, 0.3) is 0 Å². The summed E-state index contributed by atoms with van der Waals surface area (Å²) in [6, 6.07) is 1.53. The SMILES string of the molecule is CCN(C)C(=O)C(C)n1c(CCl)nc2cnccc21. The number of hydrogen-bond donors (Lipinski definition) is 0. The first-order valence-electron chi connectivity index (χ1n) is 6.21. The molecule has 0 aliphatic carbocycles. The van der Waals surface area contributed by atoms with Crippen LogP contribution in [0.5, 0.6) is 0 Å². The van der Waals surface area contributed by atoms with Crippen LogP contribution in [0.25, 0.3) is 11.0 Å². The van der Waals surface area contributed by atoms with E-state index in [2.05, 4.69) is 9.97 Å². The van der Waals surface area contributed by atoms with Gasteiger partial charge in [-0.15, -0.1) is 11.6 Å². The van der Waals surface area contributed by atoms with Crippen LogP contribution in [0, 0.1) is 0 Å². The van der Waals surface area contributed by atoms with Crippen molar-refractivity contribution in [2.45, 2.75) is 25.8 Å². The van der Waals surface area contributed by atoms with E-state index in [0.29, 0.717) is 12.4 Å². The summed E-state index contributed by atoms with van der Waals surface area (Å²) in [5.74, 6) is 1.00. The van der Waals surface area contributed by atoms with Crippen molar-refractivity contribution in [1.82, 2.24) is 19.4 Å². The molecule has 0 saturated heterocycles. The van der Waals surface area contributed by atoms with Gasteiger partial charge in [0, 0.05) is 19.8 Å². The van der Waals surface area contributed by atoms with Gasteiger partial charge < -0.3 is 9.47 Å². The molecule has 2 rings (SSSR count). The molecular weight excluding hydrogens is 264 g/mol. The summed E-state index contributed by atoms with van der Waals surface area (Å²) in [6.07, 6.45) is 3.38. The predicted octanol–water partition coefficient (Wildman–Crippen LogP) is 2.21. The number of imidazole rings is 1. The Bertz CT molecular complexity index is 595. The molecule has 2 aromatic rings. The van der Waals surface area contributed by atoms with E-state index in [9.17, 15) is 4.79 Å². The molecule has 0 aliphatic heterocycles. The fourth-order valence-corrected chi connectivity index (χ4v) is 2.30. The Morgan fingerprint density at radius 1 is 1.58 bits per heavy atom. The van der Waals surface area contributed by atoms with E-state index in [0.717, 1.165) is 11.0 Å². The summed E-state index contributed by atoms with van der Waals surface area (Å²) >= 11 is 5.94. The van der Waals surface area contributed by atoms with Crippen LogP contribution in [-0.4, -0.2) is 38.9 Å². The topological polar surface area (TPSA) is 51.0 Å². The van der Waals surface area contributed by atoms with E-state index in [4.69, 9.17) is 11.6 Å². The molecule has 0 spiro atoms. The highest BCUT2D eigenvalue weighted by molar-refractivity contribution is 6.16. The average Bonchev–Trinajstić information content (AvgIpc) is 2.83. The second-order valence-electron chi connectivity index (χ2n) is 4.42. The van der Waals surface area contributed by atoms with Crippen LogP contribution in [-0.2, 0) is 10.7 Å². The number of fused-ring (bicyclic) bond motifs is 1. The van der Waals surface area contributed by atoms with Crippen LogP contribution in [0.4, 0.5) is 0 Å². The minimum atomic E-state index is -0.328. The van der Waals surface area contributed by atoms with E-state index >= 15 is 0 Å². The van der Waals surface area contributed by atoms with Crippen LogP contribution < -0.4 is 0 Å². The molecule has 0 radical (unpaired) electrons. The maximum absolute atomic E-state index is 12.3. The molecular formula is C13H17ClN4O. The van der Waals surface area contributed by atoms with Crippen LogP contribution in [0.2, 0.25) is 0 Å². The molecule has 0 aromatic carbocycles. The van der Waals surface area contributed by atoms with Crippen molar-refractivity contribution in [3.63, 3.8) is 0 Å². The molecule has 2 heterocycles. The van der Waals surface area contributed by atoms with E-state index < -0.39 is 0 Å². The lowest BCUT2D eigenvalue weighted by Gasteiger charge is -2.22. The zero-order chi connectivity index (χ0) is 14.0. The van der Waals surface area contributed by atoms with Crippen molar-refractivity contribution in [3.05, 3.63) is 24.3 Å². The van der Waals surface area contributed by atoms with Gasteiger partial charge >= 0.3 is 0 Å². The van der Waals surface area contributed by atoms with Crippen LogP contribution in [0.3, 0.4) is 0 Å². The van der Waals surface area contributed by atoms with Crippen molar-refractivity contribution < 1.29 is 4.79 Å². The standard InChI is InChI=1S/C13H17ClN4O/c1-4-17(3)13(19)9(2)18-11-5-6-15-8-10(11)16-12(18)7-14/h5-6,8-9H,4,7H2,1-3H3. The molecule has 1 amide bonds. The number of carbonyl (C=O) groups is 1. The Morgan fingerprint density at radius 3 is 2.95 bits per heavy atom. The van der Waals surface area contributed by atoms with Gasteiger partial charge in [-0.1, -0.05) is 0 Å². The molecule has 0 fully saturated rings. The first-order chi connectivity index (χ1) is 9.10. The number of halogens is 1. The number of aromatic nitrogens is 3. The Labute approximate surface area is 117 Å². The smallest absolute Gasteiger partial charge is 0.245 e. The normalized spacial score (nSPS) is 12.6. The van der Waals surface area contributed by atoms with Gasteiger partial charge in [0.1, 0.15) is 17.4 Å². The molecule has 6 heteroatoms. The van der Waals surface area contributed by atoms with E-state index in [1.807, 2.05) is 24.5 Å². The van der Waals surface area contributed by atoms with Crippen molar-refractivity contribution in [1.29, 1.82) is 0 Å². The molecule has 0 aliphatic rings. The minimum Gasteiger partial charge on any atom is -0.344 e. The second-order valence-corrected chi connectivity index (χ2v) is 4.69. The number of pyridine rings is 1. The molecule has 0 saturated carbocycles. The van der Waals surface area contributed by atoms with Gasteiger partial charge in [-0.2, -0.15) is 0 Å². The Kier molecular flexibility index (Phi) is 4.04. The first-order valence-corrected chi connectivity index (χ1v) is 6.75. The van der Waals surface area contributed by atoms with E-state index in [1.165, 1.54) is 0 Å². The molecule has 5 nitrogen and oxygen atoms in total. The van der Waals surface area contributed by atoms with Crippen molar-refractivity contribution in [2.75, 3.05) is 13.6 Å². The Morgan fingerprint density at radius 2 is 2.32 bits per heavy atom. The summed E-state index contributed by atoms with van der Waals surface area (Å²) in [5, 5.41) is 0. The monoisotopic (exact) mass is 280 g/mol. The molecule has 0 N–H and O–H groups in total. The zero-order valence-electron chi connectivity index (χ0n) is 11.3. The number of carbonyl (C=O) groups excluding carboxylic acids is 1. The fourth-order valence-electron chi connectivity index (χ4n) is 2.11. The van der Waals surface area contributed by atoms with Crippen LogP contribution >= 0.6 is 11.6 Å². The number of rotatable bonds is 4. The average molecular weight is 281 g/mol. The van der Waals surface area contributed by atoms with Crippen molar-refractivity contribution in [2.24, 2.45) is 0 Å². The highest BCUT2D eigenvalue weighted by Gasteiger charge is 2.23. The largest absolute Gasteiger partial charge is 0.344 e. The molecule has 1 unspecified atom stereocenters. The molecule has 0 bridgehead atoms. The van der Waals surface area contributed by atoms with Gasteiger partial charge in [-0.25, -0.2) is 4.98 Å². The predicted molar refractivity (Wildman–Crippen MR) is 75.1 cm³/mol. The number of alkyl halides is 1. The highest BCUT2D eigenvalue weighted by atomic mass is 35.5. The summed E-state index contributed by atoms with van der Waals surface area (Å²) in [7, 11) is 1.79. The van der Waals surface area contributed by atoms with Crippen LogP contribution in [0.15, 0.2) is 18.5 Å². The lowest BCUT2D eigenvalue weighted by molar-refractivity contribution is -0.132. The third-order valence-electron chi connectivity index (χ3n) is 3.28. The first kappa shape index (κ1) is 13.8. The summed E-state index contributed by atoms with van der Waals surface area (Å²) in [4.78, 5) is 22.5. The number of hydrogen-bond acceptors (Lipinski definition) is 3. The van der Waals surface area contributed by atoms with Gasteiger partial charge in [0.15, 0.2) is 0 Å². The van der Waals surface area contributed by atoms with Gasteiger partial charge in [0.2, 0.25) is 5.91 Å². The molecule has 1 atom stereocenters. The number of amides is 1. The maximum Gasteiger partial charge on any atom is 0.245 e. The van der Waals surface area contributed by atoms with Gasteiger partial charge in [-0.05, 0) is 19.9 Å². The van der Waals surface area contributed by atoms with Crippen molar-refractivity contribution in [3.8, 4) is 0 Å². The number of nitrogens with zero attached hydrogens (tertiary/aromatic N) is 4. The Hall–Kier alpha value is -1.62. The van der Waals surface area contributed by atoms with Gasteiger partial charge in [-0.3, -0.25) is 9.78 Å². The Balaban J connectivity index is 2.51. The number of likely N-dealkylation sites (N-methyl/N-ethyl adjacent to an activating group) is 1. The molecule has 2 aromatic heterocycles. The highest BCUT2D eigenvalue weighted by Crippen LogP contribution is 2.22. The summed E-state index contributed by atoms with van der Waals surface area (Å²) < 4.78 is 1.89. The quantitative estimate of drug-likeness (QED) is 0.807. The van der Waals surface area contributed by atoms with E-state index in [1.54, 1.807) is 24.3 Å². The second kappa shape index (κ2) is 5.57. The fraction of sp³-hybridized carbons (Fsp3) is 0.462. The third kappa shape index (κ3) is 2.42. The maximum atomic E-state index is 12.3. The summed E-state index contributed by atoms with van der Waals surface area (Å²) in [6.45, 7) is 4.49.